The van der Waals surface area contributed by atoms with Crippen molar-refractivity contribution in [1.82, 2.24) is 5.32 Å². The van der Waals surface area contributed by atoms with Crippen LogP contribution in [0.4, 0.5) is 0 Å². The molecule has 0 amide bonds. The van der Waals surface area contributed by atoms with Gasteiger partial charge in [-0.2, -0.15) is 0 Å². The molecule has 2 heteroatoms. The molecule has 3 rings (SSSR count). The summed E-state index contributed by atoms with van der Waals surface area (Å²) in [6.07, 6.45) is 8.78. The van der Waals surface area contributed by atoms with E-state index < -0.39 is 0 Å². The van der Waals surface area contributed by atoms with Gasteiger partial charge in [-0.05, 0) is 61.3 Å². The Labute approximate surface area is 131 Å². The molecule has 0 radical (unpaired) electrons. The van der Waals surface area contributed by atoms with Crippen LogP contribution in [0.3, 0.4) is 0 Å². The Balaban J connectivity index is 1.75. The summed E-state index contributed by atoms with van der Waals surface area (Å²) in [7, 11) is 2.11. The van der Waals surface area contributed by atoms with E-state index in [2.05, 4.69) is 47.0 Å². The van der Waals surface area contributed by atoms with E-state index in [1.807, 2.05) is 0 Å². The molecule has 3 aliphatic rings. The first-order valence-corrected chi connectivity index (χ1v) is 9.05. The summed E-state index contributed by atoms with van der Waals surface area (Å²) in [5.41, 5.74) is 1.19. The molecule has 0 spiro atoms. The van der Waals surface area contributed by atoms with Crippen molar-refractivity contribution < 1.29 is 4.74 Å². The van der Waals surface area contributed by atoms with E-state index in [1.165, 1.54) is 38.5 Å². The number of fused-ring (bicyclic) bond motifs is 2. The van der Waals surface area contributed by atoms with Gasteiger partial charge in [-0.1, -0.05) is 41.0 Å². The average molecular weight is 293 g/mol. The van der Waals surface area contributed by atoms with Gasteiger partial charge in [0.15, 0.2) is 0 Å². The maximum absolute atomic E-state index is 6.80. The van der Waals surface area contributed by atoms with Crippen molar-refractivity contribution in [1.29, 1.82) is 0 Å². The first-order chi connectivity index (χ1) is 9.72. The van der Waals surface area contributed by atoms with Crippen molar-refractivity contribution in [2.75, 3.05) is 7.05 Å². The summed E-state index contributed by atoms with van der Waals surface area (Å²) in [5, 5.41) is 3.57. The largest absolute Gasteiger partial charge is 0.373 e. The van der Waals surface area contributed by atoms with Crippen molar-refractivity contribution in [3.63, 3.8) is 0 Å². The summed E-state index contributed by atoms with van der Waals surface area (Å²) in [5.74, 6) is 0.872. The minimum atomic E-state index is 0.353. The highest BCUT2D eigenvalue weighted by Crippen LogP contribution is 2.66. The van der Waals surface area contributed by atoms with Crippen LogP contribution < -0.4 is 5.32 Å². The molecule has 2 bridgehead atoms. The van der Waals surface area contributed by atoms with Crippen LogP contribution in [-0.2, 0) is 4.74 Å². The van der Waals surface area contributed by atoms with Gasteiger partial charge in [0.25, 0.3) is 0 Å². The Bertz CT molecular complexity index is 402. The van der Waals surface area contributed by atoms with Gasteiger partial charge in [-0.25, -0.2) is 0 Å². The molecule has 122 valence electrons. The van der Waals surface area contributed by atoms with E-state index in [-0.39, 0.29) is 0 Å². The smallest absolute Gasteiger partial charge is 0.0737 e. The number of hydrogen-bond donors (Lipinski definition) is 1. The molecule has 3 saturated carbocycles. The second kappa shape index (κ2) is 4.96. The van der Waals surface area contributed by atoms with Crippen LogP contribution in [0.1, 0.15) is 73.1 Å². The van der Waals surface area contributed by atoms with E-state index in [4.69, 9.17) is 4.74 Å². The van der Waals surface area contributed by atoms with E-state index >= 15 is 0 Å². The van der Waals surface area contributed by atoms with Crippen LogP contribution in [0.5, 0.6) is 0 Å². The maximum atomic E-state index is 6.80. The summed E-state index contributed by atoms with van der Waals surface area (Å²) in [6.45, 7) is 12.3. The first-order valence-electron chi connectivity index (χ1n) is 9.05. The van der Waals surface area contributed by atoms with Crippen molar-refractivity contribution in [2.24, 2.45) is 22.2 Å². The fourth-order valence-electron chi connectivity index (χ4n) is 5.85. The van der Waals surface area contributed by atoms with E-state index in [9.17, 15) is 0 Å². The van der Waals surface area contributed by atoms with Gasteiger partial charge in [0.05, 0.1) is 12.2 Å². The van der Waals surface area contributed by atoms with Gasteiger partial charge in [0.1, 0.15) is 0 Å². The third-order valence-corrected chi connectivity index (χ3v) is 7.89. The van der Waals surface area contributed by atoms with Gasteiger partial charge in [0.2, 0.25) is 0 Å². The van der Waals surface area contributed by atoms with E-state index in [1.54, 1.807) is 0 Å². The standard InChI is InChI=1S/C19H35NO/c1-17(2)10-7-8-14(16(17)20-6)21-15-12-13-9-11-19(15,5)18(13,3)4/h13-16,20H,7-12H2,1-6H3. The Hall–Kier alpha value is -0.0800. The zero-order chi connectivity index (χ0) is 15.5. The molecular formula is C19H35NO. The Morgan fingerprint density at radius 2 is 1.71 bits per heavy atom. The van der Waals surface area contributed by atoms with Crippen LogP contribution in [0, 0.1) is 22.2 Å². The summed E-state index contributed by atoms with van der Waals surface area (Å²) in [6, 6.07) is 0.497. The lowest BCUT2D eigenvalue weighted by molar-refractivity contribution is -0.123. The fraction of sp³-hybridized carbons (Fsp3) is 1.00. The summed E-state index contributed by atoms with van der Waals surface area (Å²) < 4.78 is 6.80. The van der Waals surface area contributed by atoms with Gasteiger partial charge in [0, 0.05) is 6.04 Å². The highest BCUT2D eigenvalue weighted by Gasteiger charge is 2.62. The molecule has 1 N–H and O–H groups in total. The van der Waals surface area contributed by atoms with Crippen LogP contribution in [-0.4, -0.2) is 25.3 Å². The molecule has 5 atom stereocenters. The van der Waals surface area contributed by atoms with Gasteiger partial charge >= 0.3 is 0 Å². The van der Waals surface area contributed by atoms with Crippen molar-refractivity contribution >= 4 is 0 Å². The number of nitrogens with one attached hydrogen (secondary N) is 1. The molecule has 5 unspecified atom stereocenters. The zero-order valence-corrected chi connectivity index (χ0v) is 15.0. The summed E-state index contributed by atoms with van der Waals surface area (Å²) in [4.78, 5) is 0. The number of ether oxygens (including phenoxy) is 1. The molecule has 0 aromatic rings. The molecule has 0 saturated heterocycles. The molecule has 3 fully saturated rings. The van der Waals surface area contributed by atoms with Crippen LogP contribution in [0.2, 0.25) is 0 Å². The molecule has 0 aromatic heterocycles. The van der Waals surface area contributed by atoms with Gasteiger partial charge in [-0.15, -0.1) is 0 Å². The Kier molecular flexibility index (Phi) is 3.73. The zero-order valence-electron chi connectivity index (χ0n) is 15.0. The topological polar surface area (TPSA) is 21.3 Å². The minimum absolute atomic E-state index is 0.353. The molecular weight excluding hydrogens is 258 g/mol. The predicted octanol–water partition coefficient (Wildman–Crippen LogP) is 4.38. The third kappa shape index (κ3) is 2.20. The predicted molar refractivity (Wildman–Crippen MR) is 88.4 cm³/mol. The minimum Gasteiger partial charge on any atom is -0.373 e. The molecule has 2 nitrogen and oxygen atoms in total. The van der Waals surface area contributed by atoms with Crippen LogP contribution >= 0.6 is 0 Å². The average Bonchev–Trinajstić information content (AvgIpc) is 2.71. The quantitative estimate of drug-likeness (QED) is 0.833. The number of likely N-dealkylation sites (N-methyl/N-ethyl adjacent to an activating group) is 1. The highest BCUT2D eigenvalue weighted by molar-refractivity contribution is 5.11. The van der Waals surface area contributed by atoms with Crippen LogP contribution in [0.15, 0.2) is 0 Å². The maximum Gasteiger partial charge on any atom is 0.0737 e. The highest BCUT2D eigenvalue weighted by atomic mass is 16.5. The second-order valence-electron chi connectivity index (χ2n) is 9.42. The van der Waals surface area contributed by atoms with Gasteiger partial charge in [-0.3, -0.25) is 0 Å². The monoisotopic (exact) mass is 293 g/mol. The lowest BCUT2D eigenvalue weighted by Gasteiger charge is -2.47. The molecule has 3 aliphatic carbocycles. The third-order valence-electron chi connectivity index (χ3n) is 7.89. The normalized spacial score (nSPS) is 47.7. The lowest BCUT2D eigenvalue weighted by Crippen LogP contribution is -2.54. The van der Waals surface area contributed by atoms with Gasteiger partial charge < -0.3 is 10.1 Å². The van der Waals surface area contributed by atoms with E-state index in [0.29, 0.717) is 34.5 Å². The lowest BCUT2D eigenvalue weighted by atomic mass is 9.69. The van der Waals surface area contributed by atoms with Crippen molar-refractivity contribution in [2.45, 2.75) is 91.4 Å². The first kappa shape index (κ1) is 15.8. The Morgan fingerprint density at radius 1 is 1.00 bits per heavy atom. The van der Waals surface area contributed by atoms with Crippen LogP contribution in [0.25, 0.3) is 0 Å². The van der Waals surface area contributed by atoms with Crippen molar-refractivity contribution in [3.05, 3.63) is 0 Å². The fourth-order valence-corrected chi connectivity index (χ4v) is 5.85. The summed E-state index contributed by atoms with van der Waals surface area (Å²) >= 11 is 0. The molecule has 0 aliphatic heterocycles. The number of hydrogen-bond acceptors (Lipinski definition) is 2. The second-order valence-corrected chi connectivity index (χ2v) is 9.42. The molecule has 21 heavy (non-hydrogen) atoms. The molecule has 0 heterocycles. The van der Waals surface area contributed by atoms with E-state index in [0.717, 1.165) is 5.92 Å². The molecule has 0 aromatic carbocycles. The SMILES string of the molecule is CNC1C(OC2CC3CCC2(C)C3(C)C)CCCC1(C)C. The van der Waals surface area contributed by atoms with Crippen molar-refractivity contribution in [3.8, 4) is 0 Å². The Morgan fingerprint density at radius 3 is 2.24 bits per heavy atom. The number of rotatable bonds is 3.